The maximum atomic E-state index is 13.2. The number of hydrogen-bond donors (Lipinski definition) is 1. The van der Waals surface area contributed by atoms with Gasteiger partial charge in [0.2, 0.25) is 5.91 Å². The van der Waals surface area contributed by atoms with Gasteiger partial charge in [-0.2, -0.15) is 0 Å². The van der Waals surface area contributed by atoms with Crippen molar-refractivity contribution in [2.75, 3.05) is 11.2 Å². The quantitative estimate of drug-likeness (QED) is 0.507. The average Bonchev–Trinajstić information content (AvgIpc) is 2.20. The van der Waals surface area contributed by atoms with Crippen LogP contribution >= 0.6 is 11.6 Å². The van der Waals surface area contributed by atoms with E-state index in [0.29, 0.717) is 12.1 Å². The van der Waals surface area contributed by atoms with Crippen LogP contribution in [0.5, 0.6) is 0 Å². The first-order valence-electron chi connectivity index (χ1n) is 3.95. The van der Waals surface area contributed by atoms with E-state index in [0.717, 1.165) is 0 Å². The number of rotatable bonds is 3. The molecule has 1 rings (SSSR count). The van der Waals surface area contributed by atoms with Crippen LogP contribution in [-0.2, 0) is 4.79 Å². The molecule has 0 heterocycles. The highest BCUT2D eigenvalue weighted by Crippen LogP contribution is 2.28. The van der Waals surface area contributed by atoms with Crippen LogP contribution in [0.2, 0.25) is 0 Å². The molecule has 1 amide bonds. The first kappa shape index (κ1) is 12.3. The SMILES string of the molecule is O=C(CCl)Nc1c(F)cc(F)cc1[N+](=O)[O-]. The Morgan fingerprint density at radius 3 is 2.62 bits per heavy atom. The molecule has 0 aromatic heterocycles. The van der Waals surface area contributed by atoms with Crippen molar-refractivity contribution >= 4 is 28.9 Å². The molecule has 0 bridgehead atoms. The van der Waals surface area contributed by atoms with Crippen molar-refractivity contribution in [2.24, 2.45) is 0 Å². The van der Waals surface area contributed by atoms with Crippen LogP contribution in [0.1, 0.15) is 0 Å². The number of nitrogens with zero attached hydrogens (tertiary/aromatic N) is 1. The summed E-state index contributed by atoms with van der Waals surface area (Å²) in [5.41, 5.74) is -1.56. The van der Waals surface area contributed by atoms with Gasteiger partial charge in [-0.15, -0.1) is 11.6 Å². The predicted octanol–water partition coefficient (Wildman–Crippen LogP) is 2.05. The van der Waals surface area contributed by atoms with E-state index in [2.05, 4.69) is 0 Å². The molecule has 0 unspecified atom stereocenters. The van der Waals surface area contributed by atoms with Crippen LogP contribution in [0.25, 0.3) is 0 Å². The lowest BCUT2D eigenvalue weighted by Crippen LogP contribution is -2.15. The molecule has 0 radical (unpaired) electrons. The molecular weight excluding hydrogens is 246 g/mol. The molecule has 1 aromatic carbocycles. The Hall–Kier alpha value is -1.76. The van der Waals surface area contributed by atoms with Gasteiger partial charge in [0.1, 0.15) is 11.7 Å². The summed E-state index contributed by atoms with van der Waals surface area (Å²) >= 11 is 5.14. The van der Waals surface area contributed by atoms with Gasteiger partial charge >= 0.3 is 0 Å². The van der Waals surface area contributed by atoms with Crippen molar-refractivity contribution in [3.05, 3.63) is 33.9 Å². The molecule has 0 spiro atoms. The van der Waals surface area contributed by atoms with Crippen molar-refractivity contribution in [3.63, 3.8) is 0 Å². The standard InChI is InChI=1S/C8H5ClF2N2O3/c9-3-7(14)12-8-5(11)1-4(10)2-6(8)13(15)16/h1-2H,3H2,(H,12,14). The molecule has 0 aliphatic heterocycles. The number of carbonyl (C=O) groups excluding carboxylic acids is 1. The summed E-state index contributed by atoms with van der Waals surface area (Å²) in [4.78, 5) is 20.3. The fraction of sp³-hybridized carbons (Fsp3) is 0.125. The third kappa shape index (κ3) is 2.63. The number of carbonyl (C=O) groups is 1. The number of nitro groups is 1. The van der Waals surface area contributed by atoms with Crippen molar-refractivity contribution < 1.29 is 18.5 Å². The molecule has 86 valence electrons. The fourth-order valence-corrected chi connectivity index (χ4v) is 1.07. The van der Waals surface area contributed by atoms with Crippen molar-refractivity contribution in [3.8, 4) is 0 Å². The van der Waals surface area contributed by atoms with Gasteiger partial charge in [0.15, 0.2) is 11.5 Å². The van der Waals surface area contributed by atoms with Gasteiger partial charge in [0, 0.05) is 6.07 Å². The van der Waals surface area contributed by atoms with Crippen molar-refractivity contribution in [1.29, 1.82) is 0 Å². The minimum absolute atomic E-state index is 0.427. The lowest BCUT2D eigenvalue weighted by molar-refractivity contribution is -0.384. The smallest absolute Gasteiger partial charge is 0.298 e. The summed E-state index contributed by atoms with van der Waals surface area (Å²) in [5, 5.41) is 12.4. The molecule has 8 heteroatoms. The third-order valence-electron chi connectivity index (χ3n) is 1.62. The highest BCUT2D eigenvalue weighted by atomic mass is 35.5. The lowest BCUT2D eigenvalue weighted by atomic mass is 10.2. The van der Waals surface area contributed by atoms with Gasteiger partial charge < -0.3 is 5.32 Å². The predicted molar refractivity (Wildman–Crippen MR) is 52.4 cm³/mol. The molecule has 1 N–H and O–H groups in total. The van der Waals surface area contributed by atoms with E-state index in [1.165, 1.54) is 0 Å². The second-order valence-electron chi connectivity index (χ2n) is 2.72. The Morgan fingerprint density at radius 2 is 2.12 bits per heavy atom. The van der Waals surface area contributed by atoms with Crippen LogP contribution in [0.3, 0.4) is 0 Å². The van der Waals surface area contributed by atoms with Gasteiger partial charge in [-0.05, 0) is 0 Å². The Balaban J connectivity index is 3.24. The fourth-order valence-electron chi connectivity index (χ4n) is 1.00. The number of halogens is 3. The molecule has 0 saturated carbocycles. The molecule has 0 saturated heterocycles. The summed E-state index contributed by atoms with van der Waals surface area (Å²) in [7, 11) is 0. The maximum Gasteiger partial charge on any atom is 0.298 e. The average molecular weight is 251 g/mol. The summed E-state index contributed by atoms with van der Waals surface area (Å²) in [6, 6.07) is 0.934. The summed E-state index contributed by atoms with van der Waals surface area (Å²) in [6.45, 7) is 0. The van der Waals surface area contributed by atoms with Crippen molar-refractivity contribution in [1.82, 2.24) is 0 Å². The zero-order valence-corrected chi connectivity index (χ0v) is 8.42. The van der Waals surface area contributed by atoms with Gasteiger partial charge in [-0.1, -0.05) is 0 Å². The Labute approximate surface area is 93.2 Å². The van der Waals surface area contributed by atoms with E-state index in [1.54, 1.807) is 0 Å². The summed E-state index contributed by atoms with van der Waals surface area (Å²) < 4.78 is 25.9. The molecule has 5 nitrogen and oxygen atoms in total. The molecule has 0 atom stereocenters. The topological polar surface area (TPSA) is 72.2 Å². The van der Waals surface area contributed by atoms with Gasteiger partial charge in [-0.3, -0.25) is 14.9 Å². The molecule has 16 heavy (non-hydrogen) atoms. The van der Waals surface area contributed by atoms with Gasteiger partial charge in [0.25, 0.3) is 5.69 Å². The zero-order chi connectivity index (χ0) is 12.3. The van der Waals surface area contributed by atoms with E-state index < -0.39 is 39.7 Å². The van der Waals surface area contributed by atoms with Crippen LogP contribution in [-0.4, -0.2) is 16.7 Å². The van der Waals surface area contributed by atoms with E-state index in [1.807, 2.05) is 5.32 Å². The number of hydrogen-bond acceptors (Lipinski definition) is 3. The highest BCUT2D eigenvalue weighted by Gasteiger charge is 2.21. The number of alkyl halides is 1. The zero-order valence-electron chi connectivity index (χ0n) is 7.67. The maximum absolute atomic E-state index is 13.2. The monoisotopic (exact) mass is 250 g/mol. The number of nitrogens with one attached hydrogen (secondary N) is 1. The molecule has 0 aliphatic carbocycles. The van der Waals surface area contributed by atoms with E-state index in [4.69, 9.17) is 11.6 Å². The second kappa shape index (κ2) is 4.84. The number of amides is 1. The van der Waals surface area contributed by atoms with Gasteiger partial charge in [0.05, 0.1) is 11.0 Å². The highest BCUT2D eigenvalue weighted by molar-refractivity contribution is 6.29. The molecule has 1 aromatic rings. The third-order valence-corrected chi connectivity index (χ3v) is 1.86. The first-order chi connectivity index (χ1) is 7.45. The minimum Gasteiger partial charge on any atom is -0.317 e. The largest absolute Gasteiger partial charge is 0.317 e. The number of benzene rings is 1. The van der Waals surface area contributed by atoms with E-state index in [-0.39, 0.29) is 0 Å². The first-order valence-corrected chi connectivity index (χ1v) is 4.48. The van der Waals surface area contributed by atoms with Crippen LogP contribution in [0.15, 0.2) is 12.1 Å². The Kier molecular flexibility index (Phi) is 3.73. The minimum atomic E-state index is -1.23. The summed E-state index contributed by atoms with van der Waals surface area (Å²) in [6.07, 6.45) is 0. The second-order valence-corrected chi connectivity index (χ2v) is 2.99. The molecule has 0 aliphatic rings. The van der Waals surface area contributed by atoms with Crippen LogP contribution in [0, 0.1) is 21.7 Å². The molecular formula is C8H5ClF2N2O3. The summed E-state index contributed by atoms with van der Waals surface area (Å²) in [5.74, 6) is -3.65. The normalized spacial score (nSPS) is 9.94. The Morgan fingerprint density at radius 1 is 1.50 bits per heavy atom. The lowest BCUT2D eigenvalue weighted by Gasteiger charge is -2.05. The van der Waals surface area contributed by atoms with E-state index in [9.17, 15) is 23.7 Å². The van der Waals surface area contributed by atoms with Crippen LogP contribution in [0.4, 0.5) is 20.2 Å². The van der Waals surface area contributed by atoms with Crippen molar-refractivity contribution in [2.45, 2.75) is 0 Å². The number of anilines is 1. The number of nitro benzene ring substituents is 1. The Bertz CT molecular complexity index is 453. The van der Waals surface area contributed by atoms with Gasteiger partial charge in [-0.25, -0.2) is 8.78 Å². The molecule has 0 fully saturated rings. The van der Waals surface area contributed by atoms with E-state index >= 15 is 0 Å². The van der Waals surface area contributed by atoms with Crippen LogP contribution < -0.4 is 5.32 Å².